The summed E-state index contributed by atoms with van der Waals surface area (Å²) in [7, 11) is 0. The van der Waals surface area contributed by atoms with E-state index in [1.807, 2.05) is 36.4 Å². The van der Waals surface area contributed by atoms with Crippen molar-refractivity contribution in [1.29, 1.82) is 5.26 Å². The lowest BCUT2D eigenvalue weighted by molar-refractivity contribution is 0.808. The number of nitrogens with two attached hydrogens (primary N) is 1. The maximum Gasteiger partial charge on any atom is 0.206 e. The summed E-state index contributed by atoms with van der Waals surface area (Å²) in [4.78, 5) is 0. The summed E-state index contributed by atoms with van der Waals surface area (Å²) in [6.45, 7) is 0. The standard InChI is InChI=1S/C9H7N5/c10-6-8-9(11)14(13-12-8)7-4-2-1-3-5-7/h1-5H,11H2. The molecule has 68 valence electrons. The number of aromatic nitrogens is 3. The molecule has 0 amide bonds. The van der Waals surface area contributed by atoms with Gasteiger partial charge in [0, 0.05) is 0 Å². The Morgan fingerprint density at radius 3 is 2.57 bits per heavy atom. The number of para-hydroxylation sites is 1. The largest absolute Gasteiger partial charge is 0.381 e. The lowest BCUT2D eigenvalue weighted by Gasteiger charge is -2.00. The molecule has 1 aromatic heterocycles. The molecule has 0 aliphatic carbocycles. The van der Waals surface area contributed by atoms with Gasteiger partial charge in [-0.25, -0.2) is 0 Å². The topological polar surface area (TPSA) is 80.5 Å². The number of rotatable bonds is 1. The average molecular weight is 185 g/mol. The number of nitrogen functional groups attached to an aromatic ring is 1. The fraction of sp³-hybridized carbons (Fsp3) is 0. The fourth-order valence-electron chi connectivity index (χ4n) is 1.13. The van der Waals surface area contributed by atoms with Gasteiger partial charge in [-0.05, 0) is 12.1 Å². The van der Waals surface area contributed by atoms with Crippen LogP contribution in [0.4, 0.5) is 5.82 Å². The molecule has 0 unspecified atom stereocenters. The molecule has 0 saturated heterocycles. The number of nitrogens with zero attached hydrogens (tertiary/aromatic N) is 4. The summed E-state index contributed by atoms with van der Waals surface area (Å²) >= 11 is 0. The Kier molecular flexibility index (Phi) is 1.88. The van der Waals surface area contributed by atoms with Crippen molar-refractivity contribution in [2.24, 2.45) is 0 Å². The van der Waals surface area contributed by atoms with E-state index in [-0.39, 0.29) is 11.5 Å². The van der Waals surface area contributed by atoms with E-state index in [1.54, 1.807) is 0 Å². The SMILES string of the molecule is N#Cc1nnn(-c2ccccc2)c1N. The van der Waals surface area contributed by atoms with E-state index >= 15 is 0 Å². The van der Waals surface area contributed by atoms with E-state index < -0.39 is 0 Å². The molecule has 5 nitrogen and oxygen atoms in total. The smallest absolute Gasteiger partial charge is 0.206 e. The quantitative estimate of drug-likeness (QED) is 0.709. The molecule has 0 spiro atoms. The van der Waals surface area contributed by atoms with Crippen LogP contribution in [0.3, 0.4) is 0 Å². The molecule has 0 aliphatic heterocycles. The first kappa shape index (κ1) is 8.26. The van der Waals surface area contributed by atoms with Crippen LogP contribution in [-0.4, -0.2) is 15.0 Å². The molecule has 0 aliphatic rings. The van der Waals surface area contributed by atoms with Crippen LogP contribution < -0.4 is 5.73 Å². The van der Waals surface area contributed by atoms with Crippen LogP contribution >= 0.6 is 0 Å². The van der Waals surface area contributed by atoms with Crippen LogP contribution in [0, 0.1) is 11.3 Å². The molecule has 1 heterocycles. The molecule has 1 aromatic carbocycles. The van der Waals surface area contributed by atoms with E-state index in [0.717, 1.165) is 5.69 Å². The van der Waals surface area contributed by atoms with E-state index in [4.69, 9.17) is 11.0 Å². The highest BCUT2D eigenvalue weighted by Crippen LogP contribution is 2.12. The Balaban J connectivity index is 2.54. The van der Waals surface area contributed by atoms with Gasteiger partial charge in [0.15, 0.2) is 5.82 Å². The van der Waals surface area contributed by atoms with Crippen molar-refractivity contribution in [3.63, 3.8) is 0 Å². The van der Waals surface area contributed by atoms with Crippen LogP contribution in [0.2, 0.25) is 0 Å². The van der Waals surface area contributed by atoms with E-state index in [0.29, 0.717) is 0 Å². The van der Waals surface area contributed by atoms with Gasteiger partial charge in [-0.3, -0.25) is 0 Å². The van der Waals surface area contributed by atoms with Crippen LogP contribution in [0.1, 0.15) is 5.69 Å². The van der Waals surface area contributed by atoms with Crippen LogP contribution in [-0.2, 0) is 0 Å². The van der Waals surface area contributed by atoms with Gasteiger partial charge in [0.25, 0.3) is 0 Å². The summed E-state index contributed by atoms with van der Waals surface area (Å²) in [5, 5.41) is 16.0. The molecular formula is C9H7N5. The van der Waals surface area contributed by atoms with E-state index in [2.05, 4.69) is 10.3 Å². The minimum atomic E-state index is 0.147. The summed E-state index contributed by atoms with van der Waals surface area (Å²) in [5.74, 6) is 0.263. The third-order valence-corrected chi connectivity index (χ3v) is 1.81. The second-order valence-corrected chi connectivity index (χ2v) is 2.68. The Labute approximate surface area is 80.4 Å². The van der Waals surface area contributed by atoms with E-state index in [9.17, 15) is 0 Å². The Bertz CT molecular complexity index is 480. The van der Waals surface area contributed by atoms with Gasteiger partial charge in [-0.2, -0.15) is 9.94 Å². The van der Waals surface area contributed by atoms with Gasteiger partial charge in [-0.1, -0.05) is 23.4 Å². The number of benzene rings is 1. The number of nitriles is 1. The molecule has 5 heteroatoms. The third kappa shape index (κ3) is 1.19. The number of anilines is 1. The van der Waals surface area contributed by atoms with Crippen LogP contribution in [0.5, 0.6) is 0 Å². The van der Waals surface area contributed by atoms with Crippen molar-refractivity contribution in [1.82, 2.24) is 15.0 Å². The normalized spacial score (nSPS) is 9.64. The zero-order valence-electron chi connectivity index (χ0n) is 7.25. The minimum Gasteiger partial charge on any atom is -0.381 e. The monoisotopic (exact) mass is 185 g/mol. The predicted octanol–water partition coefficient (Wildman–Crippen LogP) is 0.721. The summed E-state index contributed by atoms with van der Waals surface area (Å²) in [5.41, 5.74) is 6.60. The van der Waals surface area contributed by atoms with Gasteiger partial charge in [0.05, 0.1) is 5.69 Å². The number of hydrogen-bond donors (Lipinski definition) is 1. The molecule has 0 atom stereocenters. The lowest BCUT2D eigenvalue weighted by atomic mass is 10.3. The van der Waals surface area contributed by atoms with Crippen molar-refractivity contribution in [3.8, 4) is 11.8 Å². The third-order valence-electron chi connectivity index (χ3n) is 1.81. The van der Waals surface area contributed by atoms with Crippen molar-refractivity contribution >= 4 is 5.82 Å². The molecule has 0 saturated carbocycles. The van der Waals surface area contributed by atoms with Gasteiger partial charge >= 0.3 is 0 Å². The average Bonchev–Trinajstić information content (AvgIpc) is 2.61. The maximum absolute atomic E-state index is 8.63. The maximum atomic E-state index is 8.63. The summed E-state index contributed by atoms with van der Waals surface area (Å²) in [6.07, 6.45) is 0. The highest BCUT2D eigenvalue weighted by molar-refractivity contribution is 5.48. The molecule has 0 bridgehead atoms. The van der Waals surface area contributed by atoms with Crippen molar-refractivity contribution in [2.75, 3.05) is 5.73 Å². The zero-order valence-corrected chi connectivity index (χ0v) is 7.25. The number of hydrogen-bond acceptors (Lipinski definition) is 4. The van der Waals surface area contributed by atoms with Crippen molar-refractivity contribution < 1.29 is 0 Å². The van der Waals surface area contributed by atoms with Gasteiger partial charge < -0.3 is 5.73 Å². The fourth-order valence-corrected chi connectivity index (χ4v) is 1.13. The van der Waals surface area contributed by atoms with Crippen molar-refractivity contribution in [3.05, 3.63) is 36.0 Å². The van der Waals surface area contributed by atoms with Gasteiger partial charge in [0.2, 0.25) is 5.69 Å². The first-order chi connectivity index (χ1) is 6.83. The summed E-state index contributed by atoms with van der Waals surface area (Å²) in [6, 6.07) is 11.2. The van der Waals surface area contributed by atoms with Gasteiger partial charge in [0.1, 0.15) is 6.07 Å². The second-order valence-electron chi connectivity index (χ2n) is 2.68. The molecule has 2 N–H and O–H groups in total. The molecular weight excluding hydrogens is 178 g/mol. The van der Waals surface area contributed by atoms with Crippen LogP contribution in [0.25, 0.3) is 5.69 Å². The van der Waals surface area contributed by atoms with E-state index in [1.165, 1.54) is 4.68 Å². The Morgan fingerprint density at radius 1 is 1.29 bits per heavy atom. The molecule has 0 fully saturated rings. The Hall–Kier alpha value is -2.35. The first-order valence-electron chi connectivity index (χ1n) is 3.99. The molecule has 0 radical (unpaired) electrons. The predicted molar refractivity (Wildman–Crippen MR) is 50.5 cm³/mol. The van der Waals surface area contributed by atoms with Crippen LogP contribution in [0.15, 0.2) is 30.3 Å². The molecule has 2 rings (SSSR count). The first-order valence-corrected chi connectivity index (χ1v) is 3.99. The highest BCUT2D eigenvalue weighted by atomic mass is 15.4. The lowest BCUT2D eigenvalue weighted by Crippen LogP contribution is -2.01. The van der Waals surface area contributed by atoms with Crippen molar-refractivity contribution in [2.45, 2.75) is 0 Å². The van der Waals surface area contributed by atoms with Gasteiger partial charge in [-0.15, -0.1) is 5.10 Å². The summed E-state index contributed by atoms with van der Waals surface area (Å²) < 4.78 is 1.43. The molecule has 2 aromatic rings. The minimum absolute atomic E-state index is 0.147. The second kappa shape index (κ2) is 3.18. The highest BCUT2D eigenvalue weighted by Gasteiger charge is 2.08. The molecule has 14 heavy (non-hydrogen) atoms. The Morgan fingerprint density at radius 2 is 2.00 bits per heavy atom. The zero-order chi connectivity index (χ0) is 9.97.